The van der Waals surface area contributed by atoms with Crippen molar-refractivity contribution in [3.63, 3.8) is 0 Å². The number of hydrogen-bond donors (Lipinski definition) is 1. The number of thioether (sulfide) groups is 1. The monoisotopic (exact) mass is 444 g/mol. The zero-order valence-corrected chi connectivity index (χ0v) is 19.5. The van der Waals surface area contributed by atoms with E-state index in [9.17, 15) is 0 Å². The quantitative estimate of drug-likeness (QED) is 0.372. The van der Waals surface area contributed by atoms with Crippen LogP contribution in [-0.2, 0) is 0 Å². The predicted octanol–water partition coefficient (Wildman–Crippen LogP) is 5.38. The van der Waals surface area contributed by atoms with E-state index in [-0.39, 0.29) is 0 Å². The molecular weight excluding hydrogens is 416 g/mol. The highest BCUT2D eigenvalue weighted by Crippen LogP contribution is 2.33. The molecule has 7 heteroatoms. The topological polar surface area (TPSA) is 76.5 Å². The van der Waals surface area contributed by atoms with Crippen molar-refractivity contribution in [3.8, 4) is 11.3 Å². The fourth-order valence-electron chi connectivity index (χ4n) is 4.10. The molecule has 0 bridgehead atoms. The molecule has 1 N–H and O–H groups in total. The largest absolute Gasteiger partial charge is 0.370 e. The van der Waals surface area contributed by atoms with E-state index in [4.69, 9.17) is 0 Å². The maximum Gasteiger partial charge on any atom is 0.129 e. The first-order chi connectivity index (χ1) is 15.7. The highest BCUT2D eigenvalue weighted by molar-refractivity contribution is 7.98. The zero-order chi connectivity index (χ0) is 22.3. The van der Waals surface area contributed by atoms with Crippen molar-refractivity contribution in [2.75, 3.05) is 23.9 Å². The van der Waals surface area contributed by atoms with Crippen molar-refractivity contribution in [2.24, 2.45) is 5.92 Å². The molecule has 0 saturated carbocycles. The SMILES string of the molecule is CCC(c1ccnc2cccnc12)C(CNc1cc(-c2ccc(C)nc2)ncn1)CSC. The molecule has 2 unspecified atom stereocenters. The van der Waals surface area contributed by atoms with E-state index in [1.165, 1.54) is 5.56 Å². The van der Waals surface area contributed by atoms with Gasteiger partial charge in [-0.3, -0.25) is 15.0 Å². The molecule has 4 heterocycles. The lowest BCUT2D eigenvalue weighted by Gasteiger charge is -2.27. The van der Waals surface area contributed by atoms with Crippen LogP contribution in [0, 0.1) is 12.8 Å². The minimum absolute atomic E-state index is 0.373. The highest BCUT2D eigenvalue weighted by atomic mass is 32.2. The summed E-state index contributed by atoms with van der Waals surface area (Å²) in [5.74, 6) is 2.66. The molecular formula is C25H28N6S. The molecule has 0 aromatic carbocycles. The Bertz CT molecular complexity index is 1160. The molecule has 164 valence electrons. The number of rotatable bonds is 9. The third-order valence-electron chi connectivity index (χ3n) is 5.74. The van der Waals surface area contributed by atoms with E-state index in [0.29, 0.717) is 11.8 Å². The van der Waals surface area contributed by atoms with Crippen LogP contribution >= 0.6 is 11.8 Å². The third kappa shape index (κ3) is 5.05. The third-order valence-corrected chi connectivity index (χ3v) is 6.50. The van der Waals surface area contributed by atoms with Gasteiger partial charge in [0.25, 0.3) is 0 Å². The van der Waals surface area contributed by atoms with Crippen LogP contribution in [0.25, 0.3) is 22.3 Å². The second kappa shape index (κ2) is 10.5. The van der Waals surface area contributed by atoms with Crippen molar-refractivity contribution >= 4 is 28.6 Å². The van der Waals surface area contributed by atoms with Crippen LogP contribution in [0.1, 0.15) is 30.5 Å². The van der Waals surface area contributed by atoms with Crippen molar-refractivity contribution in [1.29, 1.82) is 0 Å². The molecule has 4 aromatic rings. The first-order valence-electron chi connectivity index (χ1n) is 10.9. The Balaban J connectivity index is 1.55. The van der Waals surface area contributed by atoms with E-state index >= 15 is 0 Å². The Morgan fingerprint density at radius 1 is 1.00 bits per heavy atom. The molecule has 0 saturated heterocycles. The molecule has 0 fully saturated rings. The first-order valence-corrected chi connectivity index (χ1v) is 12.3. The van der Waals surface area contributed by atoms with Crippen LogP contribution in [0.2, 0.25) is 0 Å². The van der Waals surface area contributed by atoms with Gasteiger partial charge >= 0.3 is 0 Å². The van der Waals surface area contributed by atoms with Gasteiger partial charge in [-0.25, -0.2) is 9.97 Å². The van der Waals surface area contributed by atoms with E-state index < -0.39 is 0 Å². The average Bonchev–Trinajstić information content (AvgIpc) is 2.84. The van der Waals surface area contributed by atoms with Gasteiger partial charge in [-0.15, -0.1) is 0 Å². The van der Waals surface area contributed by atoms with Gasteiger partial charge in [-0.05, 0) is 73.1 Å². The summed E-state index contributed by atoms with van der Waals surface area (Å²) in [7, 11) is 0. The molecule has 6 nitrogen and oxygen atoms in total. The first kappa shape index (κ1) is 22.1. The van der Waals surface area contributed by atoms with Gasteiger partial charge < -0.3 is 5.32 Å². The summed E-state index contributed by atoms with van der Waals surface area (Å²) < 4.78 is 0. The average molecular weight is 445 g/mol. The second-order valence-electron chi connectivity index (χ2n) is 7.86. The number of hydrogen-bond acceptors (Lipinski definition) is 7. The van der Waals surface area contributed by atoms with Crippen LogP contribution in [-0.4, -0.2) is 43.5 Å². The van der Waals surface area contributed by atoms with Gasteiger partial charge in [-0.2, -0.15) is 11.8 Å². The Labute approximate surface area is 193 Å². The standard InChI is InChI=1S/C25H28N6S/c1-4-20(21-9-11-26-22-6-5-10-27-25(21)22)19(15-32-3)14-29-24-12-23(30-16-31-24)18-8-7-17(2)28-13-18/h5-13,16,19-20H,4,14-15H2,1-3H3,(H,29,30,31). The molecule has 0 aliphatic heterocycles. The van der Waals surface area contributed by atoms with Gasteiger partial charge in [-0.1, -0.05) is 6.92 Å². The molecule has 0 radical (unpaired) electrons. The summed E-state index contributed by atoms with van der Waals surface area (Å²) in [6.07, 6.45) is 10.4. The van der Waals surface area contributed by atoms with E-state index in [2.05, 4.69) is 49.5 Å². The van der Waals surface area contributed by atoms with Crippen LogP contribution in [0.3, 0.4) is 0 Å². The zero-order valence-electron chi connectivity index (χ0n) is 18.7. The van der Waals surface area contributed by atoms with Gasteiger partial charge in [0.15, 0.2) is 0 Å². The maximum atomic E-state index is 4.65. The van der Waals surface area contributed by atoms with Gasteiger partial charge in [0.05, 0.1) is 16.7 Å². The van der Waals surface area contributed by atoms with Gasteiger partial charge in [0.2, 0.25) is 0 Å². The van der Waals surface area contributed by atoms with Crippen LogP contribution in [0.4, 0.5) is 5.82 Å². The normalized spacial score (nSPS) is 13.1. The number of aryl methyl sites for hydroxylation is 1. The Morgan fingerprint density at radius 3 is 2.69 bits per heavy atom. The minimum atomic E-state index is 0.373. The summed E-state index contributed by atoms with van der Waals surface area (Å²) in [4.78, 5) is 22.4. The van der Waals surface area contributed by atoms with Crippen molar-refractivity contribution < 1.29 is 0 Å². The number of pyridine rings is 3. The number of aromatic nitrogens is 5. The lowest BCUT2D eigenvalue weighted by Crippen LogP contribution is -2.24. The lowest BCUT2D eigenvalue weighted by atomic mass is 9.84. The molecule has 4 aromatic heterocycles. The second-order valence-corrected chi connectivity index (χ2v) is 8.77. The number of anilines is 1. The van der Waals surface area contributed by atoms with Crippen LogP contribution in [0.5, 0.6) is 0 Å². The maximum absolute atomic E-state index is 4.65. The molecule has 2 atom stereocenters. The van der Waals surface area contributed by atoms with Crippen LogP contribution in [0.15, 0.2) is 61.3 Å². The number of nitrogens with one attached hydrogen (secondary N) is 1. The van der Waals surface area contributed by atoms with Gasteiger partial charge in [0, 0.05) is 42.5 Å². The van der Waals surface area contributed by atoms with E-state index in [1.807, 2.05) is 67.6 Å². The Morgan fingerprint density at radius 2 is 1.91 bits per heavy atom. The summed E-state index contributed by atoms with van der Waals surface area (Å²) in [6.45, 7) is 5.05. The number of fused-ring (bicyclic) bond motifs is 1. The predicted molar refractivity (Wildman–Crippen MR) is 133 cm³/mol. The highest BCUT2D eigenvalue weighted by Gasteiger charge is 2.24. The van der Waals surface area contributed by atoms with Gasteiger partial charge in [0.1, 0.15) is 12.1 Å². The molecule has 0 aliphatic rings. The van der Waals surface area contributed by atoms with Crippen molar-refractivity contribution in [3.05, 3.63) is 72.6 Å². The molecule has 32 heavy (non-hydrogen) atoms. The molecule has 0 spiro atoms. The summed E-state index contributed by atoms with van der Waals surface area (Å²) in [5.41, 5.74) is 6.07. The smallest absolute Gasteiger partial charge is 0.129 e. The van der Waals surface area contributed by atoms with Crippen molar-refractivity contribution in [2.45, 2.75) is 26.2 Å². The van der Waals surface area contributed by atoms with Crippen LogP contribution < -0.4 is 5.32 Å². The number of nitrogens with zero attached hydrogens (tertiary/aromatic N) is 5. The Hall–Kier alpha value is -3.06. The molecule has 0 aliphatic carbocycles. The summed E-state index contributed by atoms with van der Waals surface area (Å²) in [5, 5.41) is 3.56. The van der Waals surface area contributed by atoms with E-state index in [1.54, 1.807) is 6.33 Å². The lowest BCUT2D eigenvalue weighted by molar-refractivity contribution is 0.476. The Kier molecular flexibility index (Phi) is 7.27. The van der Waals surface area contributed by atoms with E-state index in [0.717, 1.165) is 52.5 Å². The minimum Gasteiger partial charge on any atom is -0.370 e. The summed E-state index contributed by atoms with van der Waals surface area (Å²) >= 11 is 1.87. The van der Waals surface area contributed by atoms with Crippen molar-refractivity contribution in [1.82, 2.24) is 24.9 Å². The fourth-order valence-corrected chi connectivity index (χ4v) is 4.88. The molecule has 4 rings (SSSR count). The fraction of sp³-hybridized carbons (Fsp3) is 0.320. The summed E-state index contributed by atoms with van der Waals surface area (Å²) in [6, 6.07) is 12.1. The molecule has 0 amide bonds.